The highest BCUT2D eigenvalue weighted by Crippen LogP contribution is 2.39. The molecule has 2 aliphatic rings. The predicted molar refractivity (Wildman–Crippen MR) is 118 cm³/mol. The van der Waals surface area contributed by atoms with E-state index in [-0.39, 0.29) is 60.6 Å². The summed E-state index contributed by atoms with van der Waals surface area (Å²) in [5.41, 5.74) is 0.806. The topological polar surface area (TPSA) is 95.1 Å². The van der Waals surface area contributed by atoms with E-state index in [4.69, 9.17) is 4.74 Å². The Kier molecular flexibility index (Phi) is 7.50. The van der Waals surface area contributed by atoms with Crippen molar-refractivity contribution < 1.29 is 14.3 Å². The summed E-state index contributed by atoms with van der Waals surface area (Å²) in [7, 11) is 0. The van der Waals surface area contributed by atoms with Crippen molar-refractivity contribution in [2.24, 2.45) is 4.99 Å². The van der Waals surface area contributed by atoms with Crippen molar-refractivity contribution in [1.82, 2.24) is 20.9 Å². The summed E-state index contributed by atoms with van der Waals surface area (Å²) in [6.07, 6.45) is 0.793. The zero-order valence-corrected chi connectivity index (χ0v) is 18.8. The lowest BCUT2D eigenvalue weighted by molar-refractivity contribution is -0.124. The zero-order valence-electron chi connectivity index (χ0n) is 16.4. The Balaban J connectivity index is 0.00000280. The smallest absolute Gasteiger partial charge is 0.324 e. The van der Waals surface area contributed by atoms with Crippen molar-refractivity contribution in [3.63, 3.8) is 0 Å². The average Bonchev–Trinajstić information content (AvgIpc) is 2.93. The molecule has 1 unspecified atom stereocenters. The van der Waals surface area contributed by atoms with Gasteiger partial charge in [-0.15, -0.1) is 24.0 Å². The highest BCUT2D eigenvalue weighted by atomic mass is 127. The molecule has 154 valence electrons. The van der Waals surface area contributed by atoms with Crippen LogP contribution in [0.4, 0.5) is 4.79 Å². The van der Waals surface area contributed by atoms with Crippen LogP contribution in [0.5, 0.6) is 5.75 Å². The minimum absolute atomic E-state index is 0. The highest BCUT2D eigenvalue weighted by molar-refractivity contribution is 14.0. The van der Waals surface area contributed by atoms with Gasteiger partial charge in [0.25, 0.3) is 0 Å². The van der Waals surface area contributed by atoms with Crippen molar-refractivity contribution in [3.05, 3.63) is 29.8 Å². The summed E-state index contributed by atoms with van der Waals surface area (Å²) in [6, 6.07) is 7.70. The van der Waals surface area contributed by atoms with Crippen molar-refractivity contribution in [1.29, 1.82) is 0 Å². The van der Waals surface area contributed by atoms with Crippen molar-refractivity contribution >= 4 is 41.9 Å². The molecule has 1 saturated heterocycles. The maximum absolute atomic E-state index is 11.7. The number of fused-ring (bicyclic) bond motifs is 1. The summed E-state index contributed by atoms with van der Waals surface area (Å²) in [5, 5.41) is 9.21. The molecular weight excluding hydrogens is 473 g/mol. The van der Waals surface area contributed by atoms with Crippen molar-refractivity contribution in [2.75, 3.05) is 26.2 Å². The minimum Gasteiger partial charge on any atom is -0.487 e. The van der Waals surface area contributed by atoms with Crippen LogP contribution in [0.1, 0.15) is 38.8 Å². The van der Waals surface area contributed by atoms with Crippen LogP contribution in [0.25, 0.3) is 0 Å². The Morgan fingerprint density at radius 1 is 1.36 bits per heavy atom. The number of hydrogen-bond donors (Lipinski definition) is 3. The molecule has 0 aliphatic carbocycles. The third-order valence-electron chi connectivity index (χ3n) is 4.56. The molecule has 9 heteroatoms. The molecule has 3 amide bonds. The van der Waals surface area contributed by atoms with Gasteiger partial charge in [-0.2, -0.15) is 0 Å². The second kappa shape index (κ2) is 9.44. The van der Waals surface area contributed by atoms with Gasteiger partial charge >= 0.3 is 6.03 Å². The van der Waals surface area contributed by atoms with Gasteiger partial charge in [0.05, 0.1) is 25.7 Å². The molecule has 2 heterocycles. The molecule has 2 aliphatic heterocycles. The number of carbonyl (C=O) groups is 2. The fourth-order valence-electron chi connectivity index (χ4n) is 3.36. The first kappa shape index (κ1) is 22.3. The molecule has 1 aromatic rings. The number of halogens is 1. The Hall–Kier alpha value is -2.04. The Morgan fingerprint density at radius 3 is 2.79 bits per heavy atom. The summed E-state index contributed by atoms with van der Waals surface area (Å²) >= 11 is 0. The van der Waals surface area contributed by atoms with Crippen LogP contribution in [0.3, 0.4) is 0 Å². The monoisotopic (exact) mass is 501 g/mol. The quantitative estimate of drug-likeness (QED) is 0.249. The Labute approximate surface area is 182 Å². The molecule has 1 atom stereocenters. The molecule has 3 N–H and O–H groups in total. The van der Waals surface area contributed by atoms with E-state index in [0.29, 0.717) is 19.0 Å². The number of ether oxygens (including phenoxy) is 1. The number of benzene rings is 1. The van der Waals surface area contributed by atoms with E-state index >= 15 is 0 Å². The average molecular weight is 501 g/mol. The number of guanidine groups is 1. The molecule has 28 heavy (non-hydrogen) atoms. The van der Waals surface area contributed by atoms with Gasteiger partial charge in [-0.25, -0.2) is 4.79 Å². The molecule has 8 nitrogen and oxygen atoms in total. The lowest BCUT2D eigenvalue weighted by Gasteiger charge is -2.38. The Bertz CT molecular complexity index is 737. The van der Waals surface area contributed by atoms with Gasteiger partial charge in [0.2, 0.25) is 5.91 Å². The second-order valence-electron chi connectivity index (χ2n) is 7.27. The van der Waals surface area contributed by atoms with E-state index in [1.807, 2.05) is 25.1 Å². The summed E-state index contributed by atoms with van der Waals surface area (Å²) in [4.78, 5) is 29.0. The van der Waals surface area contributed by atoms with Crippen LogP contribution < -0.4 is 20.7 Å². The largest absolute Gasteiger partial charge is 0.487 e. The second-order valence-corrected chi connectivity index (χ2v) is 7.27. The lowest BCUT2D eigenvalue weighted by atomic mass is 9.90. The first-order valence-electron chi connectivity index (χ1n) is 9.30. The van der Waals surface area contributed by atoms with E-state index in [2.05, 4.69) is 40.9 Å². The number of aliphatic imine (C=N–C) groups is 1. The number of rotatable bonds is 5. The molecule has 0 spiro atoms. The normalized spacial score (nSPS) is 20.6. The van der Waals surface area contributed by atoms with E-state index in [9.17, 15) is 9.59 Å². The van der Waals surface area contributed by atoms with E-state index in [0.717, 1.165) is 17.7 Å². The predicted octanol–water partition coefficient (Wildman–Crippen LogP) is 2.01. The fourth-order valence-corrected chi connectivity index (χ4v) is 3.36. The van der Waals surface area contributed by atoms with Gasteiger partial charge in [0.15, 0.2) is 5.96 Å². The molecule has 1 fully saturated rings. The van der Waals surface area contributed by atoms with Gasteiger partial charge in [-0.3, -0.25) is 14.7 Å². The molecular formula is C19H28IN5O3. The number of imide groups is 1. The third-order valence-corrected chi connectivity index (χ3v) is 4.56. The molecule has 0 saturated carbocycles. The van der Waals surface area contributed by atoms with Gasteiger partial charge in [-0.1, -0.05) is 18.2 Å². The first-order chi connectivity index (χ1) is 12.9. The third kappa shape index (κ3) is 5.27. The van der Waals surface area contributed by atoms with Crippen LogP contribution in [-0.4, -0.2) is 54.6 Å². The number of carbonyl (C=O) groups excluding carboxylic acids is 2. The highest BCUT2D eigenvalue weighted by Gasteiger charge is 2.34. The molecule has 0 radical (unpaired) electrons. The maximum Gasteiger partial charge on any atom is 0.324 e. The number of urea groups is 1. The van der Waals surface area contributed by atoms with E-state index in [1.165, 1.54) is 4.90 Å². The minimum atomic E-state index is -0.353. The number of amides is 3. The van der Waals surface area contributed by atoms with Crippen LogP contribution in [-0.2, 0) is 4.79 Å². The molecule has 1 aromatic carbocycles. The lowest BCUT2D eigenvalue weighted by Crippen LogP contribution is -2.45. The van der Waals surface area contributed by atoms with Crippen LogP contribution in [0.15, 0.2) is 29.3 Å². The van der Waals surface area contributed by atoms with E-state index in [1.54, 1.807) is 0 Å². The summed E-state index contributed by atoms with van der Waals surface area (Å²) < 4.78 is 6.07. The standard InChI is InChI=1S/C19H27N5O3.HI/c1-4-20-17(21-9-10-24-16(25)12-22-18(24)26)23-14-11-19(2,3)27-15-8-6-5-7-13(14)15;/h5-8,14H,4,9-12H2,1-3H3,(H,22,26)(H2,20,21,23);1H. The van der Waals surface area contributed by atoms with Crippen molar-refractivity contribution in [2.45, 2.75) is 38.8 Å². The van der Waals surface area contributed by atoms with Crippen LogP contribution in [0.2, 0.25) is 0 Å². The van der Waals surface area contributed by atoms with Gasteiger partial charge in [0, 0.05) is 18.5 Å². The first-order valence-corrected chi connectivity index (χ1v) is 9.30. The molecule has 0 bridgehead atoms. The number of para-hydroxylation sites is 1. The SMILES string of the molecule is CCNC(=NCCN1C(=O)CNC1=O)NC1CC(C)(C)Oc2ccccc21.I. The number of nitrogens with zero attached hydrogens (tertiary/aromatic N) is 2. The maximum atomic E-state index is 11.7. The summed E-state index contributed by atoms with van der Waals surface area (Å²) in [6.45, 7) is 7.51. The van der Waals surface area contributed by atoms with Gasteiger partial charge in [-0.05, 0) is 26.8 Å². The van der Waals surface area contributed by atoms with Crippen LogP contribution in [0, 0.1) is 0 Å². The van der Waals surface area contributed by atoms with Crippen molar-refractivity contribution in [3.8, 4) is 5.75 Å². The number of nitrogens with one attached hydrogen (secondary N) is 3. The molecule has 0 aromatic heterocycles. The molecule has 3 rings (SSSR count). The van der Waals surface area contributed by atoms with Gasteiger partial charge < -0.3 is 20.7 Å². The van der Waals surface area contributed by atoms with E-state index < -0.39 is 0 Å². The van der Waals surface area contributed by atoms with Gasteiger partial charge in [0.1, 0.15) is 11.4 Å². The summed E-state index contributed by atoms with van der Waals surface area (Å²) in [5.74, 6) is 1.32. The van der Waals surface area contributed by atoms with Crippen LogP contribution >= 0.6 is 24.0 Å². The fraction of sp³-hybridized carbons (Fsp3) is 0.526. The zero-order chi connectivity index (χ0) is 19.4. The number of hydrogen-bond acceptors (Lipinski definition) is 4. The Morgan fingerprint density at radius 2 is 2.11 bits per heavy atom.